The summed E-state index contributed by atoms with van der Waals surface area (Å²) in [6.45, 7) is 8.08. The lowest BCUT2D eigenvalue weighted by Crippen LogP contribution is -2.36. The van der Waals surface area contributed by atoms with E-state index >= 15 is 8.78 Å². The number of nitrogens with zero attached hydrogens (tertiary/aromatic N) is 6. The quantitative estimate of drug-likeness (QED) is 0.208. The molecule has 2 aromatic heterocycles. The summed E-state index contributed by atoms with van der Waals surface area (Å²) in [4.78, 5) is 18.7. The highest BCUT2D eigenvalue weighted by Gasteiger charge is 2.34. The monoisotopic (exact) mass is 672 g/mol. The van der Waals surface area contributed by atoms with E-state index in [2.05, 4.69) is 19.8 Å². The molecule has 0 spiro atoms. The van der Waals surface area contributed by atoms with Crippen molar-refractivity contribution in [2.24, 2.45) is 17.5 Å². The molecule has 3 fully saturated rings. The minimum atomic E-state index is -0.546. The number of alkyl halides is 1. The fourth-order valence-electron chi connectivity index (χ4n) is 8.29. The lowest BCUT2D eigenvalue weighted by Gasteiger charge is -2.34. The summed E-state index contributed by atoms with van der Waals surface area (Å²) in [6.07, 6.45) is 11.8. The number of halogens is 3. The molecule has 4 N–H and O–H groups in total. The molecule has 9 rings (SSSR count). The molecule has 3 unspecified atom stereocenters. The number of hydrazine groups is 1. The molecule has 3 saturated heterocycles. The first kappa shape index (κ1) is 33.5. The number of piperidine rings is 1. The summed E-state index contributed by atoms with van der Waals surface area (Å²) >= 11 is 0. The number of aryl methyl sites for hydroxylation is 2. The third-order valence-corrected chi connectivity index (χ3v) is 10.6. The normalized spacial score (nSPS) is 24.0. The molecule has 0 saturated carbocycles. The fraction of sp³-hybridized carbons (Fsp3) is 0.500. The Kier molecular flexibility index (Phi) is 9.66. The molecule has 11 heteroatoms. The van der Waals surface area contributed by atoms with Crippen LogP contribution in [0.2, 0.25) is 0 Å². The first-order valence-electron chi connectivity index (χ1n) is 17.9. The molecule has 0 aliphatic carbocycles. The van der Waals surface area contributed by atoms with Gasteiger partial charge >= 0.3 is 0 Å². The third-order valence-electron chi connectivity index (χ3n) is 10.6. The second-order valence-electron chi connectivity index (χ2n) is 14.2. The highest BCUT2D eigenvalue weighted by atomic mass is 19.1. The number of benzene rings is 2. The van der Waals surface area contributed by atoms with Gasteiger partial charge in [-0.3, -0.25) is 9.88 Å². The Hall–Kier alpha value is -3.96. The average Bonchev–Trinajstić information content (AvgIpc) is 3.67. The van der Waals surface area contributed by atoms with Gasteiger partial charge in [0.05, 0.1) is 11.1 Å². The Morgan fingerprint density at radius 1 is 0.959 bits per heavy atom. The molecule has 2 aromatic carbocycles. The molecule has 49 heavy (non-hydrogen) atoms. The van der Waals surface area contributed by atoms with Gasteiger partial charge in [-0.25, -0.2) is 29.0 Å². The molecule has 6 bridgehead atoms. The fourth-order valence-corrected chi connectivity index (χ4v) is 8.29. The molecule has 7 heterocycles. The topological polar surface area (TPSA) is 100 Å². The number of rotatable bonds is 1. The number of anilines is 1. The summed E-state index contributed by atoms with van der Waals surface area (Å²) in [7, 11) is 0. The Morgan fingerprint density at radius 2 is 1.78 bits per heavy atom. The molecule has 5 aliphatic heterocycles. The van der Waals surface area contributed by atoms with E-state index in [9.17, 15) is 4.39 Å². The van der Waals surface area contributed by atoms with Crippen LogP contribution in [0, 0.1) is 24.5 Å². The Labute approximate surface area is 286 Å². The molecule has 260 valence electrons. The lowest BCUT2D eigenvalue weighted by atomic mass is 9.92. The summed E-state index contributed by atoms with van der Waals surface area (Å²) in [5.41, 5.74) is 8.56. The van der Waals surface area contributed by atoms with Gasteiger partial charge in [0, 0.05) is 67.6 Å². The second-order valence-corrected chi connectivity index (χ2v) is 14.2. The van der Waals surface area contributed by atoms with Gasteiger partial charge in [-0.15, -0.1) is 0 Å². The van der Waals surface area contributed by atoms with Gasteiger partial charge in [0.15, 0.2) is 5.82 Å². The van der Waals surface area contributed by atoms with Crippen LogP contribution < -0.4 is 16.5 Å². The molecule has 3 atom stereocenters. The van der Waals surface area contributed by atoms with E-state index in [-0.39, 0.29) is 22.5 Å². The third kappa shape index (κ3) is 6.79. The Bertz CT molecular complexity index is 1870. The van der Waals surface area contributed by atoms with E-state index < -0.39 is 17.8 Å². The molecule has 5 aliphatic rings. The van der Waals surface area contributed by atoms with Gasteiger partial charge in [-0.05, 0) is 87.4 Å². The van der Waals surface area contributed by atoms with Gasteiger partial charge in [-0.2, -0.15) is 0 Å². The van der Waals surface area contributed by atoms with Crippen LogP contribution in [0.1, 0.15) is 75.2 Å². The minimum absolute atomic E-state index is 0.106. The second kappa shape index (κ2) is 14.1. The number of hydrogen-bond acceptors (Lipinski definition) is 8. The predicted octanol–water partition coefficient (Wildman–Crippen LogP) is 7.02. The summed E-state index contributed by atoms with van der Waals surface area (Å²) in [6, 6.07) is 7.44. The molecule has 0 amide bonds. The maximum absolute atomic E-state index is 16.6. The standard InChI is InChI=1S/C31H35F2N7.C7H12FN/c1-3-25-37-30-22-15-36-29(28(30)33)21-14-18(2)13-20-9-10-23(32)27(26(20)21)24(34)17-40(35)12-5-4-7-19-8-6-11-39(16-19)31(22)38-25;8-6-4-7-2-1-3-9(7)5-6/h9-10,13-15,17,19H,3-8,11-12,16,34-35H2,1-2H3;6-7H,1-5H2/b24-17-;. The van der Waals surface area contributed by atoms with Gasteiger partial charge in [0.25, 0.3) is 0 Å². The molecular weight excluding hydrogens is 625 g/mol. The zero-order chi connectivity index (χ0) is 34.2. The zero-order valence-electron chi connectivity index (χ0n) is 28.6. The molecular formula is C38H47F3N8. The van der Waals surface area contributed by atoms with Crippen LogP contribution >= 0.6 is 0 Å². The van der Waals surface area contributed by atoms with Crippen molar-refractivity contribution in [3.63, 3.8) is 0 Å². The maximum atomic E-state index is 16.6. The van der Waals surface area contributed by atoms with Crippen molar-refractivity contribution in [1.29, 1.82) is 0 Å². The first-order chi connectivity index (χ1) is 23.7. The highest BCUT2D eigenvalue weighted by molar-refractivity contribution is 6.05. The van der Waals surface area contributed by atoms with E-state index in [0.29, 0.717) is 53.6 Å². The average molecular weight is 673 g/mol. The van der Waals surface area contributed by atoms with E-state index in [1.165, 1.54) is 23.9 Å². The van der Waals surface area contributed by atoms with Crippen LogP contribution in [-0.4, -0.2) is 69.8 Å². The summed E-state index contributed by atoms with van der Waals surface area (Å²) < 4.78 is 44.7. The van der Waals surface area contributed by atoms with Crippen molar-refractivity contribution in [1.82, 2.24) is 24.9 Å². The van der Waals surface area contributed by atoms with Crippen molar-refractivity contribution < 1.29 is 13.2 Å². The number of fused-ring (bicyclic) bond motifs is 7. The van der Waals surface area contributed by atoms with Crippen molar-refractivity contribution in [3.05, 3.63) is 65.2 Å². The van der Waals surface area contributed by atoms with Crippen molar-refractivity contribution in [2.45, 2.75) is 83.8 Å². The van der Waals surface area contributed by atoms with E-state index in [1.807, 2.05) is 26.0 Å². The smallest absolute Gasteiger partial charge is 0.175 e. The Balaban J connectivity index is 0.000000361. The van der Waals surface area contributed by atoms with Gasteiger partial charge in [0.1, 0.15) is 34.8 Å². The van der Waals surface area contributed by atoms with Crippen molar-refractivity contribution in [2.75, 3.05) is 37.6 Å². The van der Waals surface area contributed by atoms with Gasteiger partial charge < -0.3 is 15.6 Å². The van der Waals surface area contributed by atoms with Crippen LogP contribution in [0.15, 0.2) is 36.7 Å². The lowest BCUT2D eigenvalue weighted by molar-refractivity contribution is 0.292. The number of hydrogen-bond donors (Lipinski definition) is 2. The zero-order valence-corrected chi connectivity index (χ0v) is 28.6. The van der Waals surface area contributed by atoms with Crippen molar-refractivity contribution >= 4 is 33.2 Å². The summed E-state index contributed by atoms with van der Waals surface area (Å²) in [5, 5.41) is 3.34. The molecule has 8 nitrogen and oxygen atoms in total. The van der Waals surface area contributed by atoms with Crippen LogP contribution in [0.5, 0.6) is 0 Å². The van der Waals surface area contributed by atoms with E-state index in [4.69, 9.17) is 16.6 Å². The largest absolute Gasteiger partial charge is 0.397 e. The highest BCUT2D eigenvalue weighted by Crippen LogP contribution is 2.39. The number of pyridine rings is 1. The van der Waals surface area contributed by atoms with Crippen LogP contribution in [0.4, 0.5) is 19.0 Å². The maximum Gasteiger partial charge on any atom is 0.175 e. The number of nitrogens with two attached hydrogens (primary N) is 2. The van der Waals surface area contributed by atoms with Crippen LogP contribution in [0.3, 0.4) is 0 Å². The minimum Gasteiger partial charge on any atom is -0.397 e. The SMILES string of the molecule is CCc1nc2c3cnc(c(F)c3n1)-c1cc(C)cc3ccc(F)c(c13)/C(N)=C/N(N)CCCCC1CCCN2C1.FC1CC2CCCN2C1. The molecule has 4 aromatic rings. The van der Waals surface area contributed by atoms with Gasteiger partial charge in [0.2, 0.25) is 0 Å². The van der Waals surface area contributed by atoms with Crippen molar-refractivity contribution in [3.8, 4) is 11.3 Å². The van der Waals surface area contributed by atoms with Gasteiger partial charge in [-0.1, -0.05) is 25.5 Å². The predicted molar refractivity (Wildman–Crippen MR) is 190 cm³/mol. The number of aromatic nitrogens is 3. The Morgan fingerprint density at radius 3 is 2.59 bits per heavy atom. The van der Waals surface area contributed by atoms with Crippen LogP contribution in [0.25, 0.3) is 38.6 Å². The first-order valence-corrected chi connectivity index (χ1v) is 17.9. The van der Waals surface area contributed by atoms with Crippen LogP contribution in [-0.2, 0) is 6.42 Å². The molecule has 0 radical (unpaired) electrons. The van der Waals surface area contributed by atoms with E-state index in [1.54, 1.807) is 18.5 Å². The van der Waals surface area contributed by atoms with E-state index in [0.717, 1.165) is 74.9 Å². The summed E-state index contributed by atoms with van der Waals surface area (Å²) in [5.74, 6) is 7.07.